The van der Waals surface area contributed by atoms with Crippen LogP contribution in [0.25, 0.3) is 44.2 Å². The molecule has 0 unspecified atom stereocenters. The summed E-state index contributed by atoms with van der Waals surface area (Å²) in [7, 11) is 0. The molecule has 1 aromatic heterocycles. The van der Waals surface area contributed by atoms with Crippen molar-refractivity contribution in [1.29, 1.82) is 0 Å². The van der Waals surface area contributed by atoms with Crippen molar-refractivity contribution >= 4 is 90.2 Å². The van der Waals surface area contributed by atoms with E-state index in [0.717, 1.165) is 112 Å². The summed E-state index contributed by atoms with van der Waals surface area (Å²) in [5, 5.41) is 2.04. The molecule has 0 saturated carbocycles. The number of benzene rings is 12. The Morgan fingerprint density at radius 2 is 0.468 bits per heavy atom. The zero-order valence-electron chi connectivity index (χ0n) is 42.2. The number of furan rings is 1. The van der Waals surface area contributed by atoms with Gasteiger partial charge in [-0.05, 0) is 132 Å². The third-order valence-corrected chi connectivity index (χ3v) is 14.2. The van der Waals surface area contributed by atoms with E-state index >= 15 is 0 Å². The summed E-state index contributed by atoms with van der Waals surface area (Å²) in [5.74, 6) is 0. The lowest BCUT2D eigenvalue weighted by Gasteiger charge is -2.31. The molecule has 5 heteroatoms. The lowest BCUT2D eigenvalue weighted by Crippen LogP contribution is -2.14. The average molecular weight is 989 g/mol. The molecule has 13 rings (SSSR count). The number of hydrogen-bond donors (Lipinski definition) is 0. The van der Waals surface area contributed by atoms with Crippen molar-refractivity contribution in [3.63, 3.8) is 0 Å². The van der Waals surface area contributed by atoms with Gasteiger partial charge in [-0.3, -0.25) is 0 Å². The molecule has 0 aliphatic carbocycles. The summed E-state index contributed by atoms with van der Waals surface area (Å²) in [6.07, 6.45) is 0. The quantitative estimate of drug-likeness (QED) is 0.108. The van der Waals surface area contributed by atoms with Gasteiger partial charge in [0.15, 0.2) is 11.2 Å². The monoisotopic (exact) mass is 988 g/mol. The van der Waals surface area contributed by atoms with E-state index in [0.29, 0.717) is 0 Å². The second kappa shape index (κ2) is 20.9. The molecule has 0 aliphatic heterocycles. The molecule has 0 bridgehead atoms. The van der Waals surface area contributed by atoms with Crippen LogP contribution in [0.4, 0.5) is 68.2 Å². The fraction of sp³-hybridized carbons (Fsp3) is 0. The van der Waals surface area contributed by atoms with Gasteiger partial charge in [0.2, 0.25) is 0 Å². The fourth-order valence-corrected chi connectivity index (χ4v) is 10.7. The first-order valence-electron chi connectivity index (χ1n) is 26.1. The highest BCUT2D eigenvalue weighted by atomic mass is 16.3. The maximum Gasteiger partial charge on any atom is 0.159 e. The molecule has 0 fully saturated rings. The zero-order valence-corrected chi connectivity index (χ0v) is 42.2. The van der Waals surface area contributed by atoms with E-state index in [2.05, 4.69) is 335 Å². The highest BCUT2D eigenvalue weighted by Gasteiger charge is 2.27. The van der Waals surface area contributed by atoms with Gasteiger partial charge in [0.1, 0.15) is 0 Å². The Bertz CT molecular complexity index is 3740. The lowest BCUT2D eigenvalue weighted by atomic mass is 9.99. The Hall–Kier alpha value is -10.4. The van der Waals surface area contributed by atoms with Crippen LogP contribution in [0.2, 0.25) is 0 Å². The first kappa shape index (κ1) is 46.4. The predicted molar refractivity (Wildman–Crippen MR) is 323 cm³/mol. The van der Waals surface area contributed by atoms with Crippen LogP contribution in [0, 0.1) is 0 Å². The van der Waals surface area contributed by atoms with Crippen molar-refractivity contribution in [3.8, 4) is 22.3 Å². The standard InChI is InChI=1S/C72H52N4O/c1-9-27-53(28-10-1)65-51-61(73(55-31-13-3-14-32-55)56-33-15-4-16-34-56)47-49-67(65)75(59-39-21-7-22-40-59)69-45-25-43-63-64-44-26-46-70(72(64)77-71(63)69)76(60-41-23-8-24-42-60)68-50-48-62(52-66(68)54-29-11-2-12-30-54)74(57-35-17-5-18-36-57)58-37-19-6-20-38-58/h1-52H. The molecule has 0 aliphatic rings. The van der Waals surface area contributed by atoms with Crippen LogP contribution in [0.5, 0.6) is 0 Å². The minimum absolute atomic E-state index is 0.782. The number of nitrogens with zero attached hydrogens (tertiary/aromatic N) is 4. The largest absolute Gasteiger partial charge is 0.452 e. The molecule has 0 amide bonds. The van der Waals surface area contributed by atoms with Gasteiger partial charge in [-0.15, -0.1) is 0 Å². The van der Waals surface area contributed by atoms with E-state index in [-0.39, 0.29) is 0 Å². The third-order valence-electron chi connectivity index (χ3n) is 14.2. The highest BCUT2D eigenvalue weighted by molar-refractivity contribution is 6.15. The topological polar surface area (TPSA) is 26.1 Å². The van der Waals surface area contributed by atoms with E-state index in [9.17, 15) is 0 Å². The van der Waals surface area contributed by atoms with Crippen LogP contribution < -0.4 is 19.6 Å². The summed E-state index contributed by atoms with van der Waals surface area (Å²) in [6.45, 7) is 0. The van der Waals surface area contributed by atoms with E-state index in [1.54, 1.807) is 0 Å². The third kappa shape index (κ3) is 9.02. The van der Waals surface area contributed by atoms with Crippen LogP contribution in [0.3, 0.4) is 0 Å². The van der Waals surface area contributed by atoms with E-state index in [1.807, 2.05) is 0 Å². The van der Waals surface area contributed by atoms with Crippen molar-refractivity contribution < 1.29 is 4.42 Å². The molecule has 0 spiro atoms. The minimum atomic E-state index is 0.782. The molecule has 366 valence electrons. The van der Waals surface area contributed by atoms with E-state index in [4.69, 9.17) is 4.42 Å². The van der Waals surface area contributed by atoms with Gasteiger partial charge in [0, 0.05) is 67.4 Å². The maximum atomic E-state index is 7.51. The molecular formula is C72H52N4O. The lowest BCUT2D eigenvalue weighted by molar-refractivity contribution is 0.669. The summed E-state index contributed by atoms with van der Waals surface area (Å²) >= 11 is 0. The molecule has 13 aromatic rings. The Balaban J connectivity index is 1.02. The first-order valence-corrected chi connectivity index (χ1v) is 26.1. The van der Waals surface area contributed by atoms with Gasteiger partial charge >= 0.3 is 0 Å². The average Bonchev–Trinajstić information content (AvgIpc) is 3.99. The van der Waals surface area contributed by atoms with Gasteiger partial charge in [-0.2, -0.15) is 0 Å². The molecule has 0 N–H and O–H groups in total. The smallest absolute Gasteiger partial charge is 0.159 e. The maximum absolute atomic E-state index is 7.51. The van der Waals surface area contributed by atoms with Gasteiger partial charge < -0.3 is 24.0 Å². The van der Waals surface area contributed by atoms with Crippen LogP contribution in [0.1, 0.15) is 0 Å². The Kier molecular flexibility index (Phi) is 12.6. The van der Waals surface area contributed by atoms with E-state index < -0.39 is 0 Å². The van der Waals surface area contributed by atoms with Gasteiger partial charge in [-0.25, -0.2) is 0 Å². The summed E-state index contributed by atoms with van der Waals surface area (Å²) in [4.78, 5) is 9.36. The second-order valence-corrected chi connectivity index (χ2v) is 18.9. The molecular weight excluding hydrogens is 937 g/mol. The fourth-order valence-electron chi connectivity index (χ4n) is 10.7. The number of fused-ring (bicyclic) bond motifs is 3. The normalized spacial score (nSPS) is 11.1. The van der Waals surface area contributed by atoms with Crippen LogP contribution in [-0.4, -0.2) is 0 Å². The zero-order chi connectivity index (χ0) is 51.3. The number of anilines is 12. The van der Waals surface area contributed by atoms with Crippen molar-refractivity contribution in [2.24, 2.45) is 0 Å². The SMILES string of the molecule is c1ccc(-c2cc(N(c3ccccc3)c3ccccc3)ccc2N(c2ccccc2)c2cccc3c2oc2c(N(c4ccccc4)c4ccc(N(c5ccccc5)c5ccccc5)cc4-c4ccccc4)cccc23)cc1. The van der Waals surface area contributed by atoms with E-state index in [1.165, 1.54) is 0 Å². The molecule has 0 radical (unpaired) electrons. The van der Waals surface area contributed by atoms with Gasteiger partial charge in [-0.1, -0.05) is 194 Å². The molecule has 5 nitrogen and oxygen atoms in total. The summed E-state index contributed by atoms with van der Waals surface area (Å²) in [6, 6.07) is 112. The van der Waals surface area contributed by atoms with Crippen molar-refractivity contribution in [3.05, 3.63) is 315 Å². The van der Waals surface area contributed by atoms with Gasteiger partial charge in [0.25, 0.3) is 0 Å². The first-order chi connectivity index (χ1) is 38.2. The Morgan fingerprint density at radius 3 is 0.766 bits per heavy atom. The van der Waals surface area contributed by atoms with Crippen molar-refractivity contribution in [1.82, 2.24) is 0 Å². The predicted octanol–water partition coefficient (Wildman–Crippen LogP) is 20.8. The highest BCUT2D eigenvalue weighted by Crippen LogP contribution is 2.51. The Labute approximate surface area is 449 Å². The minimum Gasteiger partial charge on any atom is -0.452 e. The van der Waals surface area contributed by atoms with Crippen LogP contribution in [0.15, 0.2) is 320 Å². The number of rotatable bonds is 14. The Morgan fingerprint density at radius 1 is 0.195 bits per heavy atom. The van der Waals surface area contributed by atoms with Gasteiger partial charge in [0.05, 0.1) is 22.7 Å². The molecule has 0 saturated heterocycles. The molecule has 77 heavy (non-hydrogen) atoms. The van der Waals surface area contributed by atoms with Crippen LogP contribution >= 0.6 is 0 Å². The molecule has 1 heterocycles. The summed E-state index contributed by atoms with van der Waals surface area (Å²) in [5.41, 5.74) is 18.2. The van der Waals surface area contributed by atoms with Crippen LogP contribution in [-0.2, 0) is 0 Å². The van der Waals surface area contributed by atoms with Crippen molar-refractivity contribution in [2.45, 2.75) is 0 Å². The number of para-hydroxylation sites is 8. The molecule has 0 atom stereocenters. The summed E-state index contributed by atoms with van der Waals surface area (Å²) < 4.78 is 7.51. The second-order valence-electron chi connectivity index (χ2n) is 18.9. The number of hydrogen-bond acceptors (Lipinski definition) is 5. The van der Waals surface area contributed by atoms with Crippen molar-refractivity contribution in [2.75, 3.05) is 19.6 Å². The molecule has 12 aromatic carbocycles.